The van der Waals surface area contributed by atoms with Crippen LogP contribution in [0, 0.1) is 11.3 Å². The van der Waals surface area contributed by atoms with E-state index >= 15 is 0 Å². The summed E-state index contributed by atoms with van der Waals surface area (Å²) in [6.45, 7) is 0.441. The quantitative estimate of drug-likeness (QED) is 0.840. The van der Waals surface area contributed by atoms with Gasteiger partial charge in [0.15, 0.2) is 0 Å². The molecule has 0 spiro atoms. The molecule has 1 aromatic carbocycles. The summed E-state index contributed by atoms with van der Waals surface area (Å²) in [5.74, 6) is 0.578. The topological polar surface area (TPSA) is 45.9 Å². The maximum atomic E-state index is 8.68. The number of aromatic nitrogens is 1. The fourth-order valence-electron chi connectivity index (χ4n) is 1.15. The van der Waals surface area contributed by atoms with E-state index in [9.17, 15) is 0 Å². The largest absolute Gasteiger partial charge is 0.486 e. The Balaban J connectivity index is 2.08. The lowest BCUT2D eigenvalue weighted by Gasteiger charge is -2.06. The van der Waals surface area contributed by atoms with Gasteiger partial charge in [0, 0.05) is 6.20 Å². The van der Waals surface area contributed by atoms with Gasteiger partial charge in [-0.2, -0.15) is 5.26 Å². The molecule has 0 unspecified atom stereocenters. The molecular formula is C11H7ClN2OS. The van der Waals surface area contributed by atoms with Crippen LogP contribution in [0.5, 0.6) is 5.75 Å². The Bertz CT molecular complexity index is 519. The third kappa shape index (κ3) is 2.51. The van der Waals surface area contributed by atoms with Gasteiger partial charge < -0.3 is 4.74 Å². The van der Waals surface area contributed by atoms with Gasteiger partial charge in [0.25, 0.3) is 0 Å². The van der Waals surface area contributed by atoms with Crippen LogP contribution in [0.15, 0.2) is 29.9 Å². The highest BCUT2D eigenvalue weighted by molar-refractivity contribution is 7.09. The average Bonchev–Trinajstić information content (AvgIpc) is 2.80. The fraction of sp³-hybridized carbons (Fsp3) is 0.0909. The molecule has 0 fully saturated rings. The van der Waals surface area contributed by atoms with Gasteiger partial charge in [0.1, 0.15) is 12.4 Å². The number of ether oxygens (including phenoxy) is 1. The summed E-state index contributed by atoms with van der Waals surface area (Å²) in [7, 11) is 0. The molecule has 0 radical (unpaired) electrons. The molecule has 3 nitrogen and oxygen atoms in total. The van der Waals surface area contributed by atoms with Gasteiger partial charge in [-0.15, -0.1) is 11.3 Å². The van der Waals surface area contributed by atoms with E-state index in [4.69, 9.17) is 21.6 Å². The highest BCUT2D eigenvalue weighted by Gasteiger charge is 2.03. The van der Waals surface area contributed by atoms with Crippen molar-refractivity contribution in [3.8, 4) is 11.8 Å². The Morgan fingerprint density at radius 2 is 2.38 bits per heavy atom. The van der Waals surface area contributed by atoms with Crippen molar-refractivity contribution in [3.63, 3.8) is 0 Å². The van der Waals surface area contributed by atoms with E-state index < -0.39 is 0 Å². The van der Waals surface area contributed by atoms with E-state index in [1.54, 1.807) is 29.9 Å². The SMILES string of the molecule is N#Cc1ccc(OCc2cncs2)c(Cl)c1. The molecule has 0 saturated heterocycles. The third-order valence-corrected chi connectivity index (χ3v) is 2.96. The predicted octanol–water partition coefficient (Wildman–Crippen LogP) is 3.25. The first kappa shape index (κ1) is 10.9. The van der Waals surface area contributed by atoms with Crippen LogP contribution in [0.2, 0.25) is 5.02 Å². The summed E-state index contributed by atoms with van der Waals surface area (Å²) in [5, 5.41) is 9.12. The van der Waals surface area contributed by atoms with Crippen LogP contribution in [0.1, 0.15) is 10.4 Å². The minimum atomic E-state index is 0.441. The maximum Gasteiger partial charge on any atom is 0.138 e. The first-order chi connectivity index (χ1) is 7.79. The van der Waals surface area contributed by atoms with Crippen LogP contribution >= 0.6 is 22.9 Å². The van der Waals surface area contributed by atoms with Crippen LogP contribution in [0.3, 0.4) is 0 Å². The lowest BCUT2D eigenvalue weighted by Crippen LogP contribution is -1.93. The van der Waals surface area contributed by atoms with Crippen LogP contribution in [-0.4, -0.2) is 4.98 Å². The monoisotopic (exact) mass is 250 g/mol. The second-order valence-corrected chi connectivity index (χ2v) is 4.39. The average molecular weight is 251 g/mol. The number of benzene rings is 1. The molecule has 0 N–H and O–H groups in total. The van der Waals surface area contributed by atoms with E-state index in [1.807, 2.05) is 6.07 Å². The number of thiazole rings is 1. The molecule has 1 aromatic heterocycles. The van der Waals surface area contributed by atoms with Crippen molar-refractivity contribution < 1.29 is 4.74 Å². The molecule has 16 heavy (non-hydrogen) atoms. The Kier molecular flexibility index (Phi) is 3.40. The van der Waals surface area contributed by atoms with Gasteiger partial charge in [-0.3, -0.25) is 4.98 Å². The van der Waals surface area contributed by atoms with Crippen molar-refractivity contribution >= 4 is 22.9 Å². The van der Waals surface area contributed by atoms with Crippen molar-refractivity contribution in [2.45, 2.75) is 6.61 Å². The first-order valence-electron chi connectivity index (χ1n) is 4.49. The third-order valence-electron chi connectivity index (χ3n) is 1.91. The predicted molar refractivity (Wildman–Crippen MR) is 62.6 cm³/mol. The van der Waals surface area contributed by atoms with Crippen molar-refractivity contribution in [1.82, 2.24) is 4.98 Å². The van der Waals surface area contributed by atoms with Crippen molar-refractivity contribution in [2.75, 3.05) is 0 Å². The van der Waals surface area contributed by atoms with Crippen LogP contribution in [0.4, 0.5) is 0 Å². The molecule has 1 heterocycles. The fourth-order valence-corrected chi connectivity index (χ4v) is 1.89. The van der Waals surface area contributed by atoms with Gasteiger partial charge in [0.2, 0.25) is 0 Å². The number of nitrogens with zero attached hydrogens (tertiary/aromatic N) is 2. The molecule has 0 aliphatic carbocycles. The maximum absolute atomic E-state index is 8.68. The second kappa shape index (κ2) is 4.97. The smallest absolute Gasteiger partial charge is 0.138 e. The zero-order valence-corrected chi connectivity index (χ0v) is 9.76. The summed E-state index contributed by atoms with van der Waals surface area (Å²) >= 11 is 7.48. The zero-order valence-electron chi connectivity index (χ0n) is 8.18. The Morgan fingerprint density at radius 3 is 3.00 bits per heavy atom. The van der Waals surface area contributed by atoms with Gasteiger partial charge in [-0.1, -0.05) is 11.6 Å². The highest BCUT2D eigenvalue weighted by Crippen LogP contribution is 2.26. The number of rotatable bonds is 3. The van der Waals surface area contributed by atoms with Crippen LogP contribution in [-0.2, 0) is 6.61 Å². The first-order valence-corrected chi connectivity index (χ1v) is 5.75. The number of hydrogen-bond acceptors (Lipinski definition) is 4. The van der Waals surface area contributed by atoms with Crippen LogP contribution in [0.25, 0.3) is 0 Å². The summed E-state index contributed by atoms with van der Waals surface area (Å²) in [4.78, 5) is 4.97. The molecular weight excluding hydrogens is 244 g/mol. The summed E-state index contributed by atoms with van der Waals surface area (Å²) in [6, 6.07) is 6.97. The van der Waals surface area contributed by atoms with Gasteiger partial charge in [-0.25, -0.2) is 0 Å². The van der Waals surface area contributed by atoms with E-state index in [0.717, 1.165) is 4.88 Å². The molecule has 2 rings (SSSR count). The van der Waals surface area contributed by atoms with Gasteiger partial charge >= 0.3 is 0 Å². The van der Waals surface area contributed by atoms with Gasteiger partial charge in [0.05, 0.1) is 27.0 Å². The Hall–Kier alpha value is -1.57. The molecule has 0 atom stereocenters. The summed E-state index contributed by atoms with van der Waals surface area (Å²) < 4.78 is 5.51. The lowest BCUT2D eigenvalue weighted by molar-refractivity contribution is 0.310. The number of halogens is 1. The molecule has 0 amide bonds. The standard InChI is InChI=1S/C11H7ClN2OS/c12-10-3-8(4-13)1-2-11(10)15-6-9-5-14-7-16-9/h1-3,5,7H,6H2. The lowest BCUT2D eigenvalue weighted by atomic mass is 10.2. The van der Waals surface area contributed by atoms with E-state index in [-0.39, 0.29) is 0 Å². The van der Waals surface area contributed by atoms with E-state index in [0.29, 0.717) is 22.9 Å². The molecule has 80 valence electrons. The Morgan fingerprint density at radius 1 is 1.50 bits per heavy atom. The zero-order chi connectivity index (χ0) is 11.4. The summed E-state index contributed by atoms with van der Waals surface area (Å²) in [6.07, 6.45) is 1.75. The van der Waals surface area contributed by atoms with Crippen molar-refractivity contribution in [3.05, 3.63) is 45.4 Å². The molecule has 0 saturated carbocycles. The Labute approximate surface area is 102 Å². The normalized spacial score (nSPS) is 9.75. The van der Waals surface area contributed by atoms with E-state index in [2.05, 4.69) is 4.98 Å². The molecule has 0 aliphatic heterocycles. The minimum absolute atomic E-state index is 0.441. The van der Waals surface area contributed by atoms with Crippen LogP contribution < -0.4 is 4.74 Å². The molecule has 5 heteroatoms. The van der Waals surface area contributed by atoms with Crippen molar-refractivity contribution in [1.29, 1.82) is 5.26 Å². The van der Waals surface area contributed by atoms with Gasteiger partial charge in [-0.05, 0) is 18.2 Å². The number of hydrogen-bond donors (Lipinski definition) is 0. The van der Waals surface area contributed by atoms with Crippen molar-refractivity contribution in [2.24, 2.45) is 0 Å². The number of nitriles is 1. The van der Waals surface area contributed by atoms with E-state index in [1.165, 1.54) is 11.3 Å². The second-order valence-electron chi connectivity index (χ2n) is 3.01. The minimum Gasteiger partial charge on any atom is -0.486 e. The highest BCUT2D eigenvalue weighted by atomic mass is 35.5. The molecule has 0 bridgehead atoms. The summed E-state index contributed by atoms with van der Waals surface area (Å²) in [5.41, 5.74) is 2.27. The molecule has 2 aromatic rings. The molecule has 0 aliphatic rings.